The van der Waals surface area contributed by atoms with E-state index in [2.05, 4.69) is 26.1 Å². The molecule has 19 heavy (non-hydrogen) atoms. The van der Waals surface area contributed by atoms with E-state index in [4.69, 9.17) is 4.74 Å². The molecule has 1 fully saturated rings. The van der Waals surface area contributed by atoms with Crippen LogP contribution in [0.15, 0.2) is 24.3 Å². The smallest absolute Gasteiger partial charge is 0.269 e. The van der Waals surface area contributed by atoms with E-state index in [1.54, 1.807) is 12.1 Å². The maximum atomic E-state index is 10.6. The molecule has 1 aliphatic carbocycles. The first-order valence-electron chi connectivity index (χ1n) is 6.59. The third-order valence-electron chi connectivity index (χ3n) is 3.95. The number of hydrogen-bond acceptors (Lipinski definition) is 4. The van der Waals surface area contributed by atoms with Gasteiger partial charge in [0, 0.05) is 30.0 Å². The highest BCUT2D eigenvalue weighted by atomic mass is 16.6. The largest absolute Gasteiger partial charge is 0.490 e. The number of nitro benzene ring substituents is 1. The molecule has 5 heteroatoms. The fourth-order valence-corrected chi connectivity index (χ4v) is 2.49. The molecule has 0 spiro atoms. The van der Waals surface area contributed by atoms with E-state index in [1.165, 1.54) is 12.1 Å². The molecule has 1 N–H and O–H groups in total. The molecular formula is C14H20N2O3. The van der Waals surface area contributed by atoms with Gasteiger partial charge in [-0.2, -0.15) is 0 Å². The fourth-order valence-electron chi connectivity index (χ4n) is 2.49. The average molecular weight is 264 g/mol. The van der Waals surface area contributed by atoms with Crippen LogP contribution in [0.3, 0.4) is 0 Å². The van der Waals surface area contributed by atoms with Crippen LogP contribution in [-0.4, -0.2) is 23.6 Å². The number of nitrogens with one attached hydrogen (secondary N) is 1. The number of ether oxygens (including phenoxy) is 1. The van der Waals surface area contributed by atoms with Gasteiger partial charge >= 0.3 is 0 Å². The third-order valence-corrected chi connectivity index (χ3v) is 3.95. The molecule has 0 saturated heterocycles. The normalized spacial score (nSPS) is 24.6. The quantitative estimate of drug-likeness (QED) is 0.656. The summed E-state index contributed by atoms with van der Waals surface area (Å²) in [6.07, 6.45) is 1.12. The summed E-state index contributed by atoms with van der Waals surface area (Å²) in [5, 5.41) is 14.0. The van der Waals surface area contributed by atoms with Gasteiger partial charge in [0.15, 0.2) is 0 Å². The number of rotatable bonds is 5. The molecule has 2 rings (SSSR count). The van der Waals surface area contributed by atoms with Crippen molar-refractivity contribution < 1.29 is 9.66 Å². The Hall–Kier alpha value is -1.62. The van der Waals surface area contributed by atoms with Crippen molar-refractivity contribution in [3.05, 3.63) is 34.4 Å². The van der Waals surface area contributed by atoms with Crippen molar-refractivity contribution in [1.29, 1.82) is 0 Å². The molecule has 1 aliphatic rings. The molecule has 2 atom stereocenters. The molecule has 104 valence electrons. The maximum absolute atomic E-state index is 10.6. The third kappa shape index (κ3) is 2.71. The fraction of sp³-hybridized carbons (Fsp3) is 0.571. The standard InChI is InChI=1S/C14H20N2O3/c1-4-15-12-9-13(14(12,2)3)19-11-7-5-10(6-8-11)16(17)18/h5-8,12-13,15H,4,9H2,1-3H3. The van der Waals surface area contributed by atoms with Crippen LogP contribution >= 0.6 is 0 Å². The Balaban J connectivity index is 1.97. The van der Waals surface area contributed by atoms with Crippen molar-refractivity contribution in [2.24, 2.45) is 5.41 Å². The van der Waals surface area contributed by atoms with E-state index in [9.17, 15) is 10.1 Å². The topological polar surface area (TPSA) is 64.4 Å². The second-order valence-corrected chi connectivity index (χ2v) is 5.52. The average Bonchev–Trinajstić information content (AvgIpc) is 2.38. The van der Waals surface area contributed by atoms with Gasteiger partial charge in [0.05, 0.1) is 4.92 Å². The molecule has 0 heterocycles. The minimum atomic E-state index is -0.405. The van der Waals surface area contributed by atoms with Gasteiger partial charge in [-0.3, -0.25) is 10.1 Å². The van der Waals surface area contributed by atoms with Crippen molar-refractivity contribution >= 4 is 5.69 Å². The van der Waals surface area contributed by atoms with E-state index < -0.39 is 4.92 Å². The van der Waals surface area contributed by atoms with Crippen molar-refractivity contribution in [2.45, 2.75) is 39.3 Å². The molecule has 2 unspecified atom stereocenters. The van der Waals surface area contributed by atoms with Crippen LogP contribution in [0.1, 0.15) is 27.2 Å². The van der Waals surface area contributed by atoms with Crippen LogP contribution in [0.5, 0.6) is 5.75 Å². The Bertz CT molecular complexity index is 456. The van der Waals surface area contributed by atoms with Crippen molar-refractivity contribution in [3.63, 3.8) is 0 Å². The zero-order valence-corrected chi connectivity index (χ0v) is 11.6. The second-order valence-electron chi connectivity index (χ2n) is 5.52. The summed E-state index contributed by atoms with van der Waals surface area (Å²) in [6, 6.07) is 6.75. The monoisotopic (exact) mass is 264 g/mol. The first-order valence-corrected chi connectivity index (χ1v) is 6.59. The van der Waals surface area contributed by atoms with E-state index in [1.807, 2.05) is 0 Å². The van der Waals surface area contributed by atoms with E-state index in [0.717, 1.165) is 13.0 Å². The zero-order valence-electron chi connectivity index (χ0n) is 11.6. The highest BCUT2D eigenvalue weighted by Gasteiger charge is 2.49. The first-order chi connectivity index (χ1) is 8.95. The summed E-state index contributed by atoms with van der Waals surface area (Å²) in [4.78, 5) is 10.2. The number of hydrogen-bond donors (Lipinski definition) is 1. The molecule has 0 radical (unpaired) electrons. The van der Waals surface area contributed by atoms with E-state index >= 15 is 0 Å². The molecule has 0 aliphatic heterocycles. The van der Waals surface area contributed by atoms with Gasteiger partial charge in [-0.05, 0) is 18.7 Å². The number of nitrogens with zero attached hydrogens (tertiary/aromatic N) is 1. The molecule has 1 aromatic rings. The lowest BCUT2D eigenvalue weighted by Gasteiger charge is -2.51. The molecule has 1 aromatic carbocycles. The Labute approximate surface area is 113 Å². The van der Waals surface area contributed by atoms with Crippen LogP contribution in [-0.2, 0) is 0 Å². The maximum Gasteiger partial charge on any atom is 0.269 e. The molecule has 0 aromatic heterocycles. The Morgan fingerprint density at radius 3 is 2.53 bits per heavy atom. The summed E-state index contributed by atoms with van der Waals surface area (Å²) < 4.78 is 5.91. The predicted molar refractivity (Wildman–Crippen MR) is 73.4 cm³/mol. The van der Waals surface area contributed by atoms with E-state index in [-0.39, 0.29) is 17.2 Å². The zero-order chi connectivity index (χ0) is 14.0. The minimum absolute atomic E-state index is 0.0811. The van der Waals surface area contributed by atoms with Crippen molar-refractivity contribution in [1.82, 2.24) is 5.32 Å². The van der Waals surface area contributed by atoms with Gasteiger partial charge in [-0.15, -0.1) is 0 Å². The van der Waals surface area contributed by atoms with Crippen molar-refractivity contribution in [2.75, 3.05) is 6.54 Å². The lowest BCUT2D eigenvalue weighted by atomic mass is 9.64. The van der Waals surface area contributed by atoms with Crippen LogP contribution < -0.4 is 10.1 Å². The summed E-state index contributed by atoms with van der Waals surface area (Å²) in [5.74, 6) is 0.693. The number of nitro groups is 1. The highest BCUT2D eigenvalue weighted by molar-refractivity contribution is 5.36. The van der Waals surface area contributed by atoms with E-state index in [0.29, 0.717) is 11.8 Å². The van der Waals surface area contributed by atoms with Crippen LogP contribution in [0.2, 0.25) is 0 Å². The molecule has 0 bridgehead atoms. The first kappa shape index (κ1) is 13.8. The summed E-state index contributed by atoms with van der Waals surface area (Å²) in [5.41, 5.74) is 0.170. The molecule has 5 nitrogen and oxygen atoms in total. The number of benzene rings is 1. The van der Waals surface area contributed by atoms with Gasteiger partial charge in [0.25, 0.3) is 5.69 Å². The highest BCUT2D eigenvalue weighted by Crippen LogP contribution is 2.43. The molecule has 1 saturated carbocycles. The van der Waals surface area contributed by atoms with Crippen LogP contribution in [0.4, 0.5) is 5.69 Å². The van der Waals surface area contributed by atoms with Gasteiger partial charge in [0.1, 0.15) is 11.9 Å². The van der Waals surface area contributed by atoms with Crippen LogP contribution in [0, 0.1) is 15.5 Å². The Morgan fingerprint density at radius 1 is 1.42 bits per heavy atom. The summed E-state index contributed by atoms with van der Waals surface area (Å²) in [7, 11) is 0. The van der Waals surface area contributed by atoms with Crippen LogP contribution in [0.25, 0.3) is 0 Å². The Kier molecular flexibility index (Phi) is 3.75. The lowest BCUT2D eigenvalue weighted by Crippen LogP contribution is -2.62. The van der Waals surface area contributed by atoms with Gasteiger partial charge < -0.3 is 10.1 Å². The number of non-ortho nitro benzene ring substituents is 1. The summed E-state index contributed by atoms with van der Waals surface area (Å²) >= 11 is 0. The lowest BCUT2D eigenvalue weighted by molar-refractivity contribution is -0.384. The SMILES string of the molecule is CCNC1CC(Oc2ccc([N+](=O)[O-])cc2)C1(C)C. The molecule has 0 amide bonds. The van der Waals surface area contributed by atoms with Gasteiger partial charge in [-0.1, -0.05) is 20.8 Å². The Morgan fingerprint density at radius 2 is 2.05 bits per heavy atom. The van der Waals surface area contributed by atoms with Crippen molar-refractivity contribution in [3.8, 4) is 5.75 Å². The van der Waals surface area contributed by atoms with Gasteiger partial charge in [-0.25, -0.2) is 0 Å². The summed E-state index contributed by atoms with van der Waals surface area (Å²) in [6.45, 7) is 7.42. The van der Waals surface area contributed by atoms with Gasteiger partial charge in [0.2, 0.25) is 0 Å². The predicted octanol–water partition coefficient (Wildman–Crippen LogP) is 2.75. The minimum Gasteiger partial charge on any atom is -0.490 e. The molecular weight excluding hydrogens is 244 g/mol. The second kappa shape index (κ2) is 5.17.